The second-order valence-electron chi connectivity index (χ2n) is 5.65. The molecule has 0 fully saturated rings. The lowest BCUT2D eigenvalue weighted by Crippen LogP contribution is -2.06. The Balaban J connectivity index is 1.87. The van der Waals surface area contributed by atoms with Gasteiger partial charge in [0.25, 0.3) is 0 Å². The van der Waals surface area contributed by atoms with Crippen LogP contribution < -0.4 is 4.74 Å². The summed E-state index contributed by atoms with van der Waals surface area (Å²) in [4.78, 5) is 12.4. The summed E-state index contributed by atoms with van der Waals surface area (Å²) in [6.45, 7) is 0. The molecule has 0 aromatic heterocycles. The highest BCUT2D eigenvalue weighted by atomic mass is 16.5. The van der Waals surface area contributed by atoms with E-state index in [2.05, 4.69) is 6.07 Å². The van der Waals surface area contributed by atoms with Gasteiger partial charge in [0.15, 0.2) is 5.78 Å². The van der Waals surface area contributed by atoms with Gasteiger partial charge in [0.2, 0.25) is 0 Å². The van der Waals surface area contributed by atoms with E-state index in [0.29, 0.717) is 5.56 Å². The maximum Gasteiger partial charge on any atom is 0.164 e. The van der Waals surface area contributed by atoms with Gasteiger partial charge < -0.3 is 4.74 Å². The molecule has 0 aliphatic heterocycles. The Morgan fingerprint density at radius 3 is 2.46 bits per heavy atom. The zero-order chi connectivity index (χ0) is 16.9. The lowest BCUT2D eigenvalue weighted by atomic mass is 9.91. The van der Waals surface area contributed by atoms with Crippen molar-refractivity contribution in [2.45, 2.75) is 12.3 Å². The first-order valence-corrected chi connectivity index (χ1v) is 7.77. The maximum absolute atomic E-state index is 12.4. The molecular formula is C21H17NO2. The Labute approximate surface area is 141 Å². The number of carbonyl (C=O) groups excluding carboxylic acids is 1. The molecule has 0 saturated heterocycles. The number of rotatable bonds is 5. The standard InChI is InChI=1S/C21H17NO2/c1-24-20-10-9-16-11-17(7-8-18(16)12-20)19(14-22)13-21(23)15-5-3-2-4-6-15/h2-12,19H,13H2,1H3/t19-/m1/s1. The first-order chi connectivity index (χ1) is 11.7. The van der Waals surface area contributed by atoms with E-state index >= 15 is 0 Å². The van der Waals surface area contributed by atoms with Crippen molar-refractivity contribution in [3.8, 4) is 11.8 Å². The fourth-order valence-corrected chi connectivity index (χ4v) is 2.75. The summed E-state index contributed by atoms with van der Waals surface area (Å²) >= 11 is 0. The highest BCUT2D eigenvalue weighted by Gasteiger charge is 2.17. The van der Waals surface area contributed by atoms with E-state index in [0.717, 1.165) is 22.1 Å². The number of hydrogen-bond acceptors (Lipinski definition) is 3. The molecule has 3 heteroatoms. The first-order valence-electron chi connectivity index (χ1n) is 7.77. The average molecular weight is 315 g/mol. The minimum atomic E-state index is -0.454. The summed E-state index contributed by atoms with van der Waals surface area (Å²) in [6.07, 6.45) is 0.183. The van der Waals surface area contributed by atoms with Crippen LogP contribution in [0.5, 0.6) is 5.75 Å². The van der Waals surface area contributed by atoms with Crippen molar-refractivity contribution in [2.24, 2.45) is 0 Å². The Bertz CT molecular complexity index is 910. The number of methoxy groups -OCH3 is 1. The van der Waals surface area contributed by atoms with Gasteiger partial charge in [0.1, 0.15) is 5.75 Å². The third-order valence-electron chi connectivity index (χ3n) is 4.11. The Hall–Kier alpha value is -3.12. The molecule has 0 spiro atoms. The Morgan fingerprint density at radius 1 is 1.04 bits per heavy atom. The number of carbonyl (C=O) groups is 1. The van der Waals surface area contributed by atoms with Crippen molar-refractivity contribution in [3.63, 3.8) is 0 Å². The predicted octanol–water partition coefficient (Wildman–Crippen LogP) is 4.73. The topological polar surface area (TPSA) is 50.1 Å². The molecule has 0 N–H and O–H groups in total. The second kappa shape index (κ2) is 6.97. The van der Waals surface area contributed by atoms with Gasteiger partial charge in [0.05, 0.1) is 19.1 Å². The lowest BCUT2D eigenvalue weighted by molar-refractivity contribution is 0.0979. The molecular weight excluding hydrogens is 298 g/mol. The minimum Gasteiger partial charge on any atom is -0.497 e. The molecule has 118 valence electrons. The van der Waals surface area contributed by atoms with Gasteiger partial charge in [-0.05, 0) is 34.5 Å². The third-order valence-corrected chi connectivity index (χ3v) is 4.11. The van der Waals surface area contributed by atoms with E-state index in [1.807, 2.05) is 54.6 Å². The van der Waals surface area contributed by atoms with Crippen molar-refractivity contribution >= 4 is 16.6 Å². The molecule has 0 aliphatic carbocycles. The molecule has 0 unspecified atom stereocenters. The zero-order valence-electron chi connectivity index (χ0n) is 13.4. The van der Waals surface area contributed by atoms with Crippen molar-refractivity contribution in [1.82, 2.24) is 0 Å². The van der Waals surface area contributed by atoms with Gasteiger partial charge in [-0.25, -0.2) is 0 Å². The van der Waals surface area contributed by atoms with Crippen molar-refractivity contribution in [3.05, 3.63) is 77.9 Å². The van der Waals surface area contributed by atoms with Crippen LogP contribution in [0.3, 0.4) is 0 Å². The molecule has 3 rings (SSSR count). The fourth-order valence-electron chi connectivity index (χ4n) is 2.75. The van der Waals surface area contributed by atoms with Gasteiger partial charge in [-0.3, -0.25) is 4.79 Å². The van der Waals surface area contributed by atoms with Crippen LogP contribution in [0.2, 0.25) is 0 Å². The molecule has 0 bridgehead atoms. The number of ether oxygens (including phenoxy) is 1. The first kappa shape index (κ1) is 15.8. The van der Waals surface area contributed by atoms with Crippen molar-refractivity contribution < 1.29 is 9.53 Å². The second-order valence-corrected chi connectivity index (χ2v) is 5.65. The number of nitriles is 1. The summed E-state index contributed by atoms with van der Waals surface area (Å²) in [5.41, 5.74) is 1.50. The van der Waals surface area contributed by atoms with E-state index in [9.17, 15) is 10.1 Å². The lowest BCUT2D eigenvalue weighted by Gasteiger charge is -2.11. The summed E-state index contributed by atoms with van der Waals surface area (Å²) < 4.78 is 5.23. The maximum atomic E-state index is 12.4. The van der Waals surface area contributed by atoms with E-state index in [4.69, 9.17) is 4.74 Å². The monoisotopic (exact) mass is 315 g/mol. The van der Waals surface area contributed by atoms with Crippen molar-refractivity contribution in [2.75, 3.05) is 7.11 Å². The molecule has 0 saturated carbocycles. The molecule has 0 aliphatic rings. The quantitative estimate of drug-likeness (QED) is 0.640. The number of benzene rings is 3. The molecule has 24 heavy (non-hydrogen) atoms. The van der Waals surface area contributed by atoms with Crippen LogP contribution in [0.4, 0.5) is 0 Å². The van der Waals surface area contributed by atoms with Crippen LogP contribution in [0.25, 0.3) is 10.8 Å². The Kier molecular flexibility index (Phi) is 4.58. The zero-order valence-corrected chi connectivity index (χ0v) is 13.4. The largest absolute Gasteiger partial charge is 0.497 e. The summed E-state index contributed by atoms with van der Waals surface area (Å²) in [5, 5.41) is 11.6. The van der Waals surface area contributed by atoms with Crippen LogP contribution in [0.15, 0.2) is 66.7 Å². The van der Waals surface area contributed by atoms with Gasteiger partial charge in [-0.15, -0.1) is 0 Å². The number of nitrogens with zero attached hydrogens (tertiary/aromatic N) is 1. The molecule has 3 aromatic rings. The predicted molar refractivity (Wildman–Crippen MR) is 94.2 cm³/mol. The number of fused-ring (bicyclic) bond motifs is 1. The van der Waals surface area contributed by atoms with Crippen LogP contribution in [-0.4, -0.2) is 12.9 Å². The summed E-state index contributed by atoms with van der Waals surface area (Å²) in [7, 11) is 1.64. The van der Waals surface area contributed by atoms with E-state index in [-0.39, 0.29) is 12.2 Å². The van der Waals surface area contributed by atoms with E-state index in [1.54, 1.807) is 19.2 Å². The van der Waals surface area contributed by atoms with Crippen LogP contribution in [-0.2, 0) is 0 Å². The molecule has 0 heterocycles. The van der Waals surface area contributed by atoms with Crippen molar-refractivity contribution in [1.29, 1.82) is 5.26 Å². The minimum absolute atomic E-state index is 0.0167. The highest BCUT2D eigenvalue weighted by Crippen LogP contribution is 2.27. The summed E-state index contributed by atoms with van der Waals surface area (Å²) in [6, 6.07) is 23.0. The van der Waals surface area contributed by atoms with E-state index < -0.39 is 5.92 Å². The molecule has 3 nitrogen and oxygen atoms in total. The molecule has 0 amide bonds. The summed E-state index contributed by atoms with van der Waals surface area (Å²) in [5.74, 6) is 0.326. The number of hydrogen-bond donors (Lipinski definition) is 0. The van der Waals surface area contributed by atoms with Gasteiger partial charge in [-0.2, -0.15) is 5.26 Å². The number of Topliss-reactive ketones (excluding diaryl/α,β-unsaturated/α-hetero) is 1. The van der Waals surface area contributed by atoms with Crippen LogP contribution >= 0.6 is 0 Å². The highest BCUT2D eigenvalue weighted by molar-refractivity contribution is 5.96. The van der Waals surface area contributed by atoms with Gasteiger partial charge in [-0.1, -0.05) is 48.5 Å². The Morgan fingerprint density at radius 2 is 1.75 bits per heavy atom. The SMILES string of the molecule is COc1ccc2cc([C@@H](C#N)CC(=O)c3ccccc3)ccc2c1. The molecule has 1 atom stereocenters. The van der Waals surface area contributed by atoms with Crippen LogP contribution in [0, 0.1) is 11.3 Å². The molecule has 3 aromatic carbocycles. The van der Waals surface area contributed by atoms with E-state index in [1.165, 1.54) is 0 Å². The third kappa shape index (κ3) is 3.28. The molecule has 0 radical (unpaired) electrons. The fraction of sp³-hybridized carbons (Fsp3) is 0.143. The normalized spacial score (nSPS) is 11.7. The average Bonchev–Trinajstić information content (AvgIpc) is 2.65. The van der Waals surface area contributed by atoms with Gasteiger partial charge >= 0.3 is 0 Å². The van der Waals surface area contributed by atoms with Gasteiger partial charge in [0, 0.05) is 12.0 Å². The number of ketones is 1. The van der Waals surface area contributed by atoms with Crippen LogP contribution in [0.1, 0.15) is 28.3 Å². The smallest absolute Gasteiger partial charge is 0.164 e.